The standard InChI is InChI=1S/C16H12F2O3/c17-16(18,13(19)10-6-2-1-3-7-10)14-11-8-4-5-9-12(11)15(20)21-14/h1-9,13-14,19H. The zero-order valence-electron chi connectivity index (χ0n) is 10.9. The highest BCUT2D eigenvalue weighted by atomic mass is 19.3. The number of rotatable bonds is 3. The Bertz CT molecular complexity index is 670. The van der Waals surface area contributed by atoms with E-state index in [4.69, 9.17) is 4.74 Å². The van der Waals surface area contributed by atoms with Crippen molar-refractivity contribution < 1.29 is 23.4 Å². The van der Waals surface area contributed by atoms with Crippen molar-refractivity contribution in [3.63, 3.8) is 0 Å². The molecule has 0 amide bonds. The molecule has 0 aliphatic carbocycles. The number of aliphatic hydroxyl groups is 1. The SMILES string of the molecule is O=C1OC(C(F)(F)C(O)c2ccccc2)c2ccccc21. The van der Waals surface area contributed by atoms with Crippen LogP contribution in [0.2, 0.25) is 0 Å². The summed E-state index contributed by atoms with van der Waals surface area (Å²) >= 11 is 0. The van der Waals surface area contributed by atoms with E-state index >= 15 is 0 Å². The van der Waals surface area contributed by atoms with Crippen molar-refractivity contribution in [2.75, 3.05) is 0 Å². The molecule has 0 spiro atoms. The number of alkyl halides is 2. The molecule has 5 heteroatoms. The number of aliphatic hydroxyl groups excluding tert-OH is 1. The third-order valence-electron chi connectivity index (χ3n) is 3.52. The van der Waals surface area contributed by atoms with E-state index < -0.39 is 24.1 Å². The summed E-state index contributed by atoms with van der Waals surface area (Å²) in [4.78, 5) is 11.6. The van der Waals surface area contributed by atoms with Gasteiger partial charge in [-0.15, -0.1) is 0 Å². The Labute approximate surface area is 119 Å². The van der Waals surface area contributed by atoms with Crippen LogP contribution >= 0.6 is 0 Å². The molecule has 21 heavy (non-hydrogen) atoms. The Morgan fingerprint density at radius 2 is 1.67 bits per heavy atom. The molecule has 0 fully saturated rings. The van der Waals surface area contributed by atoms with Gasteiger partial charge < -0.3 is 9.84 Å². The van der Waals surface area contributed by atoms with E-state index in [0.29, 0.717) is 0 Å². The number of fused-ring (bicyclic) bond motifs is 1. The number of carbonyl (C=O) groups is 1. The molecule has 1 N–H and O–H groups in total. The number of hydrogen-bond donors (Lipinski definition) is 1. The zero-order valence-corrected chi connectivity index (χ0v) is 10.9. The number of benzene rings is 2. The van der Waals surface area contributed by atoms with Crippen LogP contribution in [0.25, 0.3) is 0 Å². The summed E-state index contributed by atoms with van der Waals surface area (Å²) in [6.45, 7) is 0. The zero-order chi connectivity index (χ0) is 15.0. The second-order valence-corrected chi connectivity index (χ2v) is 4.86. The quantitative estimate of drug-likeness (QED) is 0.882. The lowest BCUT2D eigenvalue weighted by Gasteiger charge is -2.27. The van der Waals surface area contributed by atoms with Crippen LogP contribution in [0.1, 0.15) is 33.7 Å². The fourth-order valence-electron chi connectivity index (χ4n) is 2.43. The lowest BCUT2D eigenvalue weighted by Crippen LogP contribution is -2.34. The van der Waals surface area contributed by atoms with Gasteiger partial charge in [0.25, 0.3) is 0 Å². The fraction of sp³-hybridized carbons (Fsp3) is 0.188. The largest absolute Gasteiger partial charge is 0.447 e. The maximum atomic E-state index is 14.5. The molecule has 0 saturated heterocycles. The molecule has 1 heterocycles. The van der Waals surface area contributed by atoms with Crippen LogP contribution in [0.5, 0.6) is 0 Å². The van der Waals surface area contributed by atoms with Crippen molar-refractivity contribution in [1.82, 2.24) is 0 Å². The molecule has 1 aliphatic rings. The Balaban J connectivity index is 1.98. The van der Waals surface area contributed by atoms with Gasteiger partial charge in [0, 0.05) is 5.56 Å². The number of ether oxygens (including phenoxy) is 1. The number of halogens is 2. The van der Waals surface area contributed by atoms with E-state index in [-0.39, 0.29) is 16.7 Å². The van der Waals surface area contributed by atoms with E-state index in [1.807, 2.05) is 0 Å². The number of esters is 1. The van der Waals surface area contributed by atoms with Gasteiger partial charge in [0.2, 0.25) is 0 Å². The summed E-state index contributed by atoms with van der Waals surface area (Å²) in [5.74, 6) is -4.42. The number of cyclic esters (lactones) is 1. The van der Waals surface area contributed by atoms with Crippen molar-refractivity contribution >= 4 is 5.97 Å². The van der Waals surface area contributed by atoms with Gasteiger partial charge >= 0.3 is 11.9 Å². The Hall–Kier alpha value is -2.27. The van der Waals surface area contributed by atoms with Crippen LogP contribution in [0.4, 0.5) is 8.78 Å². The van der Waals surface area contributed by atoms with Crippen LogP contribution in [-0.4, -0.2) is 17.0 Å². The second kappa shape index (κ2) is 4.93. The van der Waals surface area contributed by atoms with Crippen molar-refractivity contribution in [1.29, 1.82) is 0 Å². The molecule has 0 saturated carbocycles. The molecule has 3 rings (SSSR count). The molecule has 108 valence electrons. The van der Waals surface area contributed by atoms with Gasteiger partial charge in [-0.3, -0.25) is 0 Å². The van der Waals surface area contributed by atoms with Gasteiger partial charge in [-0.25, -0.2) is 4.79 Å². The third kappa shape index (κ3) is 2.19. The van der Waals surface area contributed by atoms with Gasteiger partial charge in [-0.2, -0.15) is 8.78 Å². The number of hydrogen-bond acceptors (Lipinski definition) is 3. The molecule has 2 unspecified atom stereocenters. The average molecular weight is 290 g/mol. The van der Waals surface area contributed by atoms with E-state index in [2.05, 4.69) is 0 Å². The molecule has 3 nitrogen and oxygen atoms in total. The first kappa shape index (κ1) is 13.7. The summed E-state index contributed by atoms with van der Waals surface area (Å²) in [5.41, 5.74) is 0.285. The Morgan fingerprint density at radius 1 is 1.05 bits per heavy atom. The van der Waals surface area contributed by atoms with E-state index in [0.717, 1.165) is 0 Å². The fourth-order valence-corrected chi connectivity index (χ4v) is 2.43. The van der Waals surface area contributed by atoms with Crippen molar-refractivity contribution in [2.45, 2.75) is 18.1 Å². The Kier molecular flexibility index (Phi) is 3.22. The van der Waals surface area contributed by atoms with Crippen molar-refractivity contribution in [3.8, 4) is 0 Å². The normalized spacial score (nSPS) is 19.0. The van der Waals surface area contributed by atoms with Crippen LogP contribution in [0.3, 0.4) is 0 Å². The van der Waals surface area contributed by atoms with Gasteiger partial charge in [-0.1, -0.05) is 48.5 Å². The number of carbonyl (C=O) groups excluding carboxylic acids is 1. The first-order valence-corrected chi connectivity index (χ1v) is 6.42. The van der Waals surface area contributed by atoms with Gasteiger partial charge in [-0.05, 0) is 11.6 Å². The molecule has 2 aromatic rings. The summed E-state index contributed by atoms with van der Waals surface area (Å²) in [6, 6.07) is 13.6. The topological polar surface area (TPSA) is 46.5 Å². The van der Waals surface area contributed by atoms with Gasteiger partial charge in [0.15, 0.2) is 6.10 Å². The Morgan fingerprint density at radius 3 is 2.38 bits per heavy atom. The minimum atomic E-state index is -3.62. The smallest absolute Gasteiger partial charge is 0.339 e. The lowest BCUT2D eigenvalue weighted by atomic mass is 9.94. The maximum absolute atomic E-state index is 14.5. The van der Waals surface area contributed by atoms with Crippen molar-refractivity contribution in [3.05, 3.63) is 71.3 Å². The van der Waals surface area contributed by atoms with Crippen LogP contribution in [0, 0.1) is 0 Å². The van der Waals surface area contributed by atoms with Gasteiger partial charge in [0.05, 0.1) is 5.56 Å². The second-order valence-electron chi connectivity index (χ2n) is 4.86. The van der Waals surface area contributed by atoms with Crippen LogP contribution in [-0.2, 0) is 4.74 Å². The summed E-state index contributed by atoms with van der Waals surface area (Å²) < 4.78 is 33.9. The molecule has 2 aromatic carbocycles. The third-order valence-corrected chi connectivity index (χ3v) is 3.52. The summed E-state index contributed by atoms with van der Waals surface area (Å²) in [6.07, 6.45) is -3.83. The average Bonchev–Trinajstić information content (AvgIpc) is 2.86. The minimum absolute atomic E-state index is 0.0722. The monoisotopic (exact) mass is 290 g/mol. The van der Waals surface area contributed by atoms with E-state index in [9.17, 15) is 18.7 Å². The lowest BCUT2D eigenvalue weighted by molar-refractivity contribution is -0.179. The summed E-state index contributed by atoms with van der Waals surface area (Å²) in [7, 11) is 0. The molecular weight excluding hydrogens is 278 g/mol. The molecule has 0 aromatic heterocycles. The van der Waals surface area contributed by atoms with Crippen LogP contribution < -0.4 is 0 Å². The molecule has 2 atom stereocenters. The highest BCUT2D eigenvalue weighted by Crippen LogP contribution is 2.47. The molecule has 1 aliphatic heterocycles. The minimum Gasteiger partial charge on any atom is -0.447 e. The summed E-state index contributed by atoms with van der Waals surface area (Å²) in [5, 5.41) is 9.98. The van der Waals surface area contributed by atoms with Crippen LogP contribution in [0.15, 0.2) is 54.6 Å². The predicted octanol–water partition coefficient (Wildman–Crippen LogP) is 3.27. The highest BCUT2D eigenvalue weighted by molar-refractivity contribution is 5.94. The molecule has 0 radical (unpaired) electrons. The molecule has 0 bridgehead atoms. The first-order chi connectivity index (χ1) is 10.0. The first-order valence-electron chi connectivity index (χ1n) is 6.42. The highest BCUT2D eigenvalue weighted by Gasteiger charge is 2.54. The van der Waals surface area contributed by atoms with Gasteiger partial charge in [0.1, 0.15) is 6.10 Å². The molecular formula is C16H12F2O3. The van der Waals surface area contributed by atoms with E-state index in [1.165, 1.54) is 24.3 Å². The predicted molar refractivity (Wildman–Crippen MR) is 70.9 cm³/mol. The van der Waals surface area contributed by atoms with Crippen molar-refractivity contribution in [2.24, 2.45) is 0 Å². The maximum Gasteiger partial charge on any atom is 0.339 e. The van der Waals surface area contributed by atoms with E-state index in [1.54, 1.807) is 30.3 Å².